The van der Waals surface area contributed by atoms with Gasteiger partial charge in [-0.15, -0.1) is 0 Å². The third-order valence-corrected chi connectivity index (χ3v) is 1.89. The minimum absolute atomic E-state index is 0.0187. The number of hydrogen-bond donors (Lipinski definition) is 2. The lowest BCUT2D eigenvalue weighted by Gasteiger charge is -2.14. The van der Waals surface area contributed by atoms with E-state index < -0.39 is 6.10 Å². The van der Waals surface area contributed by atoms with Gasteiger partial charge >= 0.3 is 0 Å². The van der Waals surface area contributed by atoms with Crippen LogP contribution in [0.5, 0.6) is 0 Å². The fraction of sp³-hybridized carbons (Fsp3) is 0.857. The van der Waals surface area contributed by atoms with E-state index in [0.717, 1.165) is 0 Å². The quantitative estimate of drug-likeness (QED) is 0.562. The predicted octanol–water partition coefficient (Wildman–Crippen LogP) is -0.870. The van der Waals surface area contributed by atoms with Crippen molar-refractivity contribution in [1.29, 1.82) is 0 Å². The molecule has 2 unspecified atom stereocenters. The molecule has 0 spiro atoms. The molecule has 2 N–H and O–H groups in total. The van der Waals surface area contributed by atoms with E-state index in [0.29, 0.717) is 19.6 Å². The van der Waals surface area contributed by atoms with Crippen molar-refractivity contribution in [2.45, 2.75) is 12.5 Å². The molecule has 4 heteroatoms. The third kappa shape index (κ3) is 2.17. The van der Waals surface area contributed by atoms with E-state index in [1.165, 1.54) is 7.11 Å². The van der Waals surface area contributed by atoms with E-state index in [2.05, 4.69) is 5.32 Å². The Morgan fingerprint density at radius 3 is 3.09 bits per heavy atom. The van der Waals surface area contributed by atoms with Gasteiger partial charge in [0.2, 0.25) is 5.91 Å². The number of methoxy groups -OCH3 is 1. The molecular formula is C7H13NO3. The summed E-state index contributed by atoms with van der Waals surface area (Å²) in [5.74, 6) is 0.0487. The normalized spacial score (nSPS) is 26.7. The maximum absolute atomic E-state index is 10.7. The summed E-state index contributed by atoms with van der Waals surface area (Å²) in [5.41, 5.74) is 0. The molecule has 64 valence electrons. The second-order valence-corrected chi connectivity index (χ2v) is 2.79. The van der Waals surface area contributed by atoms with E-state index in [9.17, 15) is 9.90 Å². The Morgan fingerprint density at radius 2 is 2.64 bits per heavy atom. The molecule has 1 heterocycles. The topological polar surface area (TPSA) is 58.6 Å². The smallest absolute Gasteiger partial charge is 0.220 e. The van der Waals surface area contributed by atoms with E-state index in [-0.39, 0.29) is 11.8 Å². The van der Waals surface area contributed by atoms with Gasteiger partial charge in [0, 0.05) is 26.0 Å². The first-order valence-corrected chi connectivity index (χ1v) is 3.67. The number of carbonyl (C=O) groups is 1. The summed E-state index contributed by atoms with van der Waals surface area (Å²) in [7, 11) is 1.54. The Balaban J connectivity index is 2.30. The highest BCUT2D eigenvalue weighted by atomic mass is 16.5. The number of aliphatic hydroxyl groups is 1. The highest BCUT2D eigenvalue weighted by Crippen LogP contribution is 2.13. The van der Waals surface area contributed by atoms with Crippen LogP contribution in [0.2, 0.25) is 0 Å². The zero-order chi connectivity index (χ0) is 8.27. The van der Waals surface area contributed by atoms with Gasteiger partial charge < -0.3 is 15.2 Å². The van der Waals surface area contributed by atoms with Gasteiger partial charge in [0.25, 0.3) is 0 Å². The Bertz CT molecular complexity index is 149. The van der Waals surface area contributed by atoms with Gasteiger partial charge in [-0.05, 0) is 0 Å². The number of hydrogen-bond acceptors (Lipinski definition) is 3. The number of nitrogens with one attached hydrogen (secondary N) is 1. The molecule has 0 aromatic rings. The number of ether oxygens (including phenoxy) is 1. The van der Waals surface area contributed by atoms with Crippen molar-refractivity contribution in [3.8, 4) is 0 Å². The van der Waals surface area contributed by atoms with Crippen LogP contribution < -0.4 is 5.32 Å². The predicted molar refractivity (Wildman–Crippen MR) is 39.0 cm³/mol. The molecule has 0 aromatic heterocycles. The average Bonchev–Trinajstić information content (AvgIpc) is 2.36. The molecule has 0 radical (unpaired) electrons. The molecule has 1 amide bonds. The first kappa shape index (κ1) is 8.49. The number of carbonyl (C=O) groups excluding carboxylic acids is 1. The summed E-state index contributed by atoms with van der Waals surface area (Å²) < 4.78 is 4.76. The van der Waals surface area contributed by atoms with Gasteiger partial charge in [-0.25, -0.2) is 0 Å². The summed E-state index contributed by atoms with van der Waals surface area (Å²) in [4.78, 5) is 10.7. The lowest BCUT2D eigenvalue weighted by Crippen LogP contribution is -2.26. The molecular weight excluding hydrogens is 146 g/mol. The maximum atomic E-state index is 10.7. The molecule has 1 aliphatic rings. The zero-order valence-corrected chi connectivity index (χ0v) is 6.54. The van der Waals surface area contributed by atoms with Crippen LogP contribution in [-0.2, 0) is 9.53 Å². The average molecular weight is 159 g/mol. The van der Waals surface area contributed by atoms with Gasteiger partial charge in [-0.2, -0.15) is 0 Å². The number of rotatable bonds is 3. The van der Waals surface area contributed by atoms with Crippen LogP contribution in [0.1, 0.15) is 6.42 Å². The molecule has 1 aliphatic heterocycles. The van der Waals surface area contributed by atoms with Crippen LogP contribution in [0.25, 0.3) is 0 Å². The highest BCUT2D eigenvalue weighted by Gasteiger charge is 2.27. The van der Waals surface area contributed by atoms with Crippen LogP contribution in [0.4, 0.5) is 0 Å². The molecule has 4 nitrogen and oxygen atoms in total. The van der Waals surface area contributed by atoms with E-state index in [1.807, 2.05) is 0 Å². The van der Waals surface area contributed by atoms with E-state index in [4.69, 9.17) is 4.74 Å². The Kier molecular flexibility index (Phi) is 2.84. The lowest BCUT2D eigenvalue weighted by molar-refractivity contribution is -0.119. The molecule has 2 atom stereocenters. The Morgan fingerprint density at radius 1 is 1.91 bits per heavy atom. The number of aliphatic hydroxyl groups excluding tert-OH is 1. The second kappa shape index (κ2) is 3.69. The van der Waals surface area contributed by atoms with Crippen molar-refractivity contribution in [2.24, 2.45) is 5.92 Å². The molecule has 1 rings (SSSR count). The minimum atomic E-state index is -0.515. The summed E-state index contributed by atoms with van der Waals surface area (Å²) in [6.45, 7) is 0.878. The Hall–Kier alpha value is -0.610. The van der Waals surface area contributed by atoms with E-state index >= 15 is 0 Å². The summed E-state index contributed by atoms with van der Waals surface area (Å²) in [5, 5.41) is 12.0. The van der Waals surface area contributed by atoms with Crippen LogP contribution in [0, 0.1) is 5.92 Å². The van der Waals surface area contributed by atoms with Crippen LogP contribution >= 0.6 is 0 Å². The highest BCUT2D eigenvalue weighted by molar-refractivity contribution is 5.78. The zero-order valence-electron chi connectivity index (χ0n) is 6.54. The SMILES string of the molecule is COCC(O)C1CNC(=O)C1. The third-order valence-electron chi connectivity index (χ3n) is 1.89. The van der Waals surface area contributed by atoms with Crippen molar-refractivity contribution in [3.05, 3.63) is 0 Å². The molecule has 11 heavy (non-hydrogen) atoms. The minimum Gasteiger partial charge on any atom is -0.390 e. The molecule has 0 saturated carbocycles. The van der Waals surface area contributed by atoms with Crippen molar-refractivity contribution < 1.29 is 14.6 Å². The van der Waals surface area contributed by atoms with E-state index in [1.54, 1.807) is 0 Å². The van der Waals surface area contributed by atoms with Gasteiger partial charge in [0.1, 0.15) is 0 Å². The largest absolute Gasteiger partial charge is 0.390 e. The molecule has 0 aromatic carbocycles. The monoisotopic (exact) mass is 159 g/mol. The number of amides is 1. The lowest BCUT2D eigenvalue weighted by atomic mass is 10.0. The summed E-state index contributed by atoms with van der Waals surface area (Å²) in [6, 6.07) is 0. The molecule has 1 fully saturated rings. The molecule has 1 saturated heterocycles. The van der Waals surface area contributed by atoms with Crippen molar-refractivity contribution >= 4 is 5.91 Å². The summed E-state index contributed by atoms with van der Waals surface area (Å²) >= 11 is 0. The van der Waals surface area contributed by atoms with Gasteiger partial charge in [-0.3, -0.25) is 4.79 Å². The van der Waals surface area contributed by atoms with Crippen LogP contribution in [0.15, 0.2) is 0 Å². The standard InChI is InChI=1S/C7H13NO3/c1-11-4-6(9)5-2-7(10)8-3-5/h5-6,9H,2-4H2,1H3,(H,8,10). The fourth-order valence-corrected chi connectivity index (χ4v) is 1.21. The fourth-order valence-electron chi connectivity index (χ4n) is 1.21. The van der Waals surface area contributed by atoms with Gasteiger partial charge in [0.15, 0.2) is 0 Å². The first-order valence-electron chi connectivity index (χ1n) is 3.67. The Labute approximate surface area is 65.5 Å². The van der Waals surface area contributed by atoms with Gasteiger partial charge in [-0.1, -0.05) is 0 Å². The van der Waals surface area contributed by atoms with Crippen molar-refractivity contribution in [1.82, 2.24) is 5.32 Å². The van der Waals surface area contributed by atoms with Crippen LogP contribution in [0.3, 0.4) is 0 Å². The van der Waals surface area contributed by atoms with Gasteiger partial charge in [0.05, 0.1) is 12.7 Å². The van der Waals surface area contributed by atoms with Crippen molar-refractivity contribution in [3.63, 3.8) is 0 Å². The second-order valence-electron chi connectivity index (χ2n) is 2.79. The maximum Gasteiger partial charge on any atom is 0.220 e. The first-order chi connectivity index (χ1) is 5.24. The summed E-state index contributed by atoms with van der Waals surface area (Å²) in [6.07, 6.45) is -0.0937. The van der Waals surface area contributed by atoms with Crippen molar-refractivity contribution in [2.75, 3.05) is 20.3 Å². The molecule has 0 aliphatic carbocycles. The van der Waals surface area contributed by atoms with Crippen LogP contribution in [-0.4, -0.2) is 37.4 Å². The molecule has 0 bridgehead atoms.